The molecule has 0 fully saturated rings. The van der Waals surface area contributed by atoms with Gasteiger partial charge >= 0.3 is 6.02 Å². The van der Waals surface area contributed by atoms with Crippen molar-refractivity contribution in [3.63, 3.8) is 0 Å². The van der Waals surface area contributed by atoms with Crippen molar-refractivity contribution >= 4 is 17.7 Å². The van der Waals surface area contributed by atoms with E-state index < -0.39 is 0 Å². The van der Waals surface area contributed by atoms with Crippen LogP contribution in [0.25, 0.3) is 0 Å². The Bertz CT molecular complexity index is 427. The summed E-state index contributed by atoms with van der Waals surface area (Å²) in [5.74, 6) is 1.05. The van der Waals surface area contributed by atoms with E-state index in [1.54, 1.807) is 18.3 Å². The predicted molar refractivity (Wildman–Crippen MR) is 44.7 cm³/mol. The van der Waals surface area contributed by atoms with E-state index in [2.05, 4.69) is 9.98 Å². The lowest BCUT2D eigenvalue weighted by Gasteiger charge is -2.04. The third-order valence-electron chi connectivity index (χ3n) is 1.95. The highest BCUT2D eigenvalue weighted by atomic mass is 16.5. The zero-order valence-corrected chi connectivity index (χ0v) is 6.60. The van der Waals surface area contributed by atoms with Gasteiger partial charge in [-0.2, -0.15) is 0 Å². The van der Waals surface area contributed by atoms with E-state index >= 15 is 0 Å². The Kier molecular flexibility index (Phi) is 1.05. The van der Waals surface area contributed by atoms with E-state index in [1.807, 2.05) is 0 Å². The van der Waals surface area contributed by atoms with Crippen LogP contribution in [0, 0.1) is 0 Å². The monoisotopic (exact) mass is 175 g/mol. The summed E-state index contributed by atoms with van der Waals surface area (Å²) in [4.78, 5) is 20.7. The van der Waals surface area contributed by atoms with Crippen molar-refractivity contribution in [2.75, 3.05) is 11.4 Å². The number of hydrogen-bond acceptors (Lipinski definition) is 4. The van der Waals surface area contributed by atoms with E-state index in [4.69, 9.17) is 4.74 Å². The second-order valence-corrected chi connectivity index (χ2v) is 2.76. The Hall–Kier alpha value is -1.91. The minimum Gasteiger partial charge on any atom is -0.421 e. The van der Waals surface area contributed by atoms with Crippen molar-refractivity contribution < 1.29 is 9.53 Å². The second-order valence-electron chi connectivity index (χ2n) is 2.76. The van der Waals surface area contributed by atoms with Gasteiger partial charge in [-0.1, -0.05) is 0 Å². The minimum atomic E-state index is -0.0903. The Morgan fingerprint density at radius 3 is 3.38 bits per heavy atom. The first-order chi connectivity index (χ1) is 6.36. The molecule has 5 nitrogen and oxygen atoms in total. The summed E-state index contributed by atoms with van der Waals surface area (Å²) < 4.78 is 5.29. The zero-order valence-electron chi connectivity index (χ0n) is 6.60. The Morgan fingerprint density at radius 2 is 2.46 bits per heavy atom. The number of carbonyl (C=O) groups excluding carboxylic acids is 1. The van der Waals surface area contributed by atoms with Gasteiger partial charge in [0.1, 0.15) is 6.54 Å². The van der Waals surface area contributed by atoms with Gasteiger partial charge in [0.05, 0.1) is 0 Å². The molecule has 0 radical (unpaired) electrons. The van der Waals surface area contributed by atoms with Gasteiger partial charge in [-0.25, -0.2) is 14.9 Å². The van der Waals surface area contributed by atoms with Gasteiger partial charge in [0.2, 0.25) is 0 Å². The Balaban J connectivity index is 2.20. The molecule has 0 N–H and O–H groups in total. The molecule has 5 heteroatoms. The third-order valence-corrected chi connectivity index (χ3v) is 1.95. The summed E-state index contributed by atoms with van der Waals surface area (Å²) in [5.41, 5.74) is 0. The van der Waals surface area contributed by atoms with Gasteiger partial charge in [0.25, 0.3) is 5.91 Å². The number of nitrogens with zero attached hydrogens (tertiary/aromatic N) is 3. The van der Waals surface area contributed by atoms with Gasteiger partial charge in [-0.3, -0.25) is 4.79 Å². The summed E-state index contributed by atoms with van der Waals surface area (Å²) in [6.45, 7) is 0.158. The molecule has 0 saturated carbocycles. The number of fused-ring (bicyclic) bond motifs is 3. The van der Waals surface area contributed by atoms with Crippen LogP contribution in [-0.2, 0) is 4.79 Å². The molecule has 1 aromatic heterocycles. The summed E-state index contributed by atoms with van der Waals surface area (Å²) in [5, 5.41) is 0. The van der Waals surface area contributed by atoms with Crippen LogP contribution in [0.5, 0.6) is 5.75 Å². The van der Waals surface area contributed by atoms with Crippen LogP contribution < -0.4 is 9.64 Å². The van der Waals surface area contributed by atoms with Crippen LogP contribution in [0.2, 0.25) is 0 Å². The van der Waals surface area contributed by atoms with Crippen LogP contribution in [0.3, 0.4) is 0 Å². The fourth-order valence-corrected chi connectivity index (χ4v) is 1.40. The number of amidine groups is 1. The summed E-state index contributed by atoms with van der Waals surface area (Å²) in [6, 6.07) is 3.86. The molecule has 2 aliphatic rings. The number of carbonyl (C=O) groups is 1. The van der Waals surface area contributed by atoms with Crippen LogP contribution in [0.1, 0.15) is 0 Å². The van der Waals surface area contributed by atoms with Gasteiger partial charge in [0.15, 0.2) is 11.6 Å². The highest BCUT2D eigenvalue weighted by Crippen LogP contribution is 2.33. The maximum absolute atomic E-state index is 11.3. The molecule has 3 rings (SSSR count). The molecule has 1 aromatic rings. The topological polar surface area (TPSA) is 54.8 Å². The zero-order chi connectivity index (χ0) is 8.84. The first-order valence-electron chi connectivity index (χ1n) is 3.86. The molecule has 0 saturated heterocycles. The van der Waals surface area contributed by atoms with Gasteiger partial charge in [-0.05, 0) is 12.1 Å². The van der Waals surface area contributed by atoms with Crippen molar-refractivity contribution in [1.29, 1.82) is 0 Å². The molecular formula is C8H5N3O2. The third kappa shape index (κ3) is 0.729. The number of rotatable bonds is 0. The quantitative estimate of drug-likeness (QED) is 0.565. The molecular weight excluding hydrogens is 170 g/mol. The minimum absolute atomic E-state index is 0.0903. The summed E-state index contributed by atoms with van der Waals surface area (Å²) in [6.07, 6.45) is 1.62. The number of ether oxygens (including phenoxy) is 1. The van der Waals surface area contributed by atoms with Crippen LogP contribution in [0.15, 0.2) is 23.3 Å². The Labute approximate surface area is 73.7 Å². The molecule has 0 bridgehead atoms. The lowest BCUT2D eigenvalue weighted by molar-refractivity contribution is -0.115. The maximum atomic E-state index is 11.3. The lowest BCUT2D eigenvalue weighted by Crippen LogP contribution is -2.30. The molecule has 0 aromatic carbocycles. The number of hydrogen-bond donors (Lipinski definition) is 0. The van der Waals surface area contributed by atoms with E-state index in [9.17, 15) is 4.79 Å². The number of aliphatic imine (C=N–C) groups is 1. The average molecular weight is 175 g/mol. The number of anilines is 1. The SMILES string of the molecule is O=C1CN=C2Oc3cccnc3N12. The van der Waals surface area contributed by atoms with Crippen molar-refractivity contribution in [3.05, 3.63) is 18.3 Å². The molecule has 64 valence electrons. The molecule has 1 amide bonds. The highest BCUT2D eigenvalue weighted by molar-refractivity contribution is 6.21. The van der Waals surface area contributed by atoms with E-state index in [-0.39, 0.29) is 12.5 Å². The predicted octanol–water partition coefficient (Wildman–Crippen LogP) is 0.177. The summed E-state index contributed by atoms with van der Waals surface area (Å²) in [7, 11) is 0. The van der Waals surface area contributed by atoms with Crippen molar-refractivity contribution in [3.8, 4) is 5.75 Å². The summed E-state index contributed by atoms with van der Waals surface area (Å²) >= 11 is 0. The van der Waals surface area contributed by atoms with E-state index in [0.29, 0.717) is 17.6 Å². The largest absolute Gasteiger partial charge is 0.421 e. The number of pyridine rings is 1. The molecule has 0 unspecified atom stereocenters. The van der Waals surface area contributed by atoms with Gasteiger partial charge < -0.3 is 4.74 Å². The van der Waals surface area contributed by atoms with Crippen LogP contribution in [0.4, 0.5) is 5.82 Å². The van der Waals surface area contributed by atoms with Crippen molar-refractivity contribution in [1.82, 2.24) is 4.98 Å². The molecule has 0 atom stereocenters. The molecule has 13 heavy (non-hydrogen) atoms. The first kappa shape index (κ1) is 6.59. The number of amides is 1. The fraction of sp³-hybridized carbons (Fsp3) is 0.125. The maximum Gasteiger partial charge on any atom is 0.306 e. The highest BCUT2D eigenvalue weighted by Gasteiger charge is 2.37. The average Bonchev–Trinajstić information content (AvgIpc) is 2.66. The number of aromatic nitrogens is 1. The standard InChI is InChI=1S/C8H5N3O2/c12-6-4-10-8-11(6)7-5(13-8)2-1-3-9-7/h1-3H,4H2. The van der Waals surface area contributed by atoms with Crippen LogP contribution in [-0.4, -0.2) is 23.5 Å². The van der Waals surface area contributed by atoms with Gasteiger partial charge in [0, 0.05) is 6.20 Å². The van der Waals surface area contributed by atoms with Crippen molar-refractivity contribution in [2.24, 2.45) is 4.99 Å². The van der Waals surface area contributed by atoms with Crippen LogP contribution >= 0.6 is 0 Å². The second kappa shape index (κ2) is 2.07. The van der Waals surface area contributed by atoms with Crippen molar-refractivity contribution in [2.45, 2.75) is 0 Å². The van der Waals surface area contributed by atoms with Gasteiger partial charge in [-0.15, -0.1) is 0 Å². The molecule has 3 heterocycles. The normalized spacial score (nSPS) is 18.0. The smallest absolute Gasteiger partial charge is 0.306 e. The van der Waals surface area contributed by atoms with E-state index in [1.165, 1.54) is 4.90 Å². The van der Waals surface area contributed by atoms with E-state index in [0.717, 1.165) is 0 Å². The molecule has 2 aliphatic heterocycles. The lowest BCUT2D eigenvalue weighted by atomic mass is 10.4. The Morgan fingerprint density at radius 1 is 1.54 bits per heavy atom. The fourth-order valence-electron chi connectivity index (χ4n) is 1.40. The molecule has 0 aliphatic carbocycles. The first-order valence-corrected chi connectivity index (χ1v) is 3.86. The molecule has 0 spiro atoms.